The molecule has 0 aromatic heterocycles. The molecule has 1 heterocycles. The molecular weight excluding hydrogens is 390 g/mol. The Hall–Kier alpha value is -3.89. The van der Waals surface area contributed by atoms with Crippen molar-refractivity contribution in [2.24, 2.45) is 5.10 Å². The van der Waals surface area contributed by atoms with Crippen LogP contribution >= 0.6 is 0 Å². The van der Waals surface area contributed by atoms with Gasteiger partial charge in [0.25, 0.3) is 11.6 Å². The summed E-state index contributed by atoms with van der Waals surface area (Å²) in [7, 11) is 0. The van der Waals surface area contributed by atoms with Crippen molar-refractivity contribution in [3.05, 3.63) is 69.8 Å². The average molecular weight is 404 g/mol. The lowest BCUT2D eigenvalue weighted by molar-refractivity contribution is -0.385. The summed E-state index contributed by atoms with van der Waals surface area (Å²) >= 11 is 0. The Labute approximate surface area is 162 Å². The fraction of sp³-hybridized carbons (Fsp3) is 0.167. The number of hydrogen-bond donors (Lipinski definition) is 1. The van der Waals surface area contributed by atoms with E-state index in [1.807, 2.05) is 0 Å². The SMILES string of the molecule is C[C@@]1(c2ccc(OC(F)F)cc2)NC(=O)N(/N=C\c2ccccc2[N+](=O)[O-])C1=O. The van der Waals surface area contributed by atoms with Gasteiger partial charge in [-0.3, -0.25) is 14.9 Å². The first-order valence-electron chi connectivity index (χ1n) is 8.22. The van der Waals surface area contributed by atoms with Crippen LogP contribution in [0.1, 0.15) is 18.1 Å². The molecule has 1 aliphatic rings. The van der Waals surface area contributed by atoms with E-state index in [-0.39, 0.29) is 17.0 Å². The molecule has 0 aliphatic carbocycles. The van der Waals surface area contributed by atoms with E-state index in [0.29, 0.717) is 10.6 Å². The maximum absolute atomic E-state index is 12.8. The Morgan fingerprint density at radius 3 is 2.48 bits per heavy atom. The highest BCUT2D eigenvalue weighted by Crippen LogP contribution is 2.30. The van der Waals surface area contributed by atoms with Gasteiger partial charge in [0.1, 0.15) is 11.3 Å². The van der Waals surface area contributed by atoms with Crippen LogP contribution in [0.2, 0.25) is 0 Å². The van der Waals surface area contributed by atoms with Crippen molar-refractivity contribution < 1.29 is 28.0 Å². The summed E-state index contributed by atoms with van der Waals surface area (Å²) in [6, 6.07) is 10.1. The molecule has 0 bridgehead atoms. The number of rotatable bonds is 6. The van der Waals surface area contributed by atoms with Gasteiger partial charge < -0.3 is 10.1 Å². The minimum atomic E-state index is -2.99. The summed E-state index contributed by atoms with van der Waals surface area (Å²) in [5, 5.41) is 17.9. The molecule has 9 nitrogen and oxygen atoms in total. The molecule has 150 valence electrons. The van der Waals surface area contributed by atoms with Gasteiger partial charge in [0.2, 0.25) is 0 Å². The number of carbonyl (C=O) groups is 2. The normalized spacial score (nSPS) is 19.1. The molecule has 11 heteroatoms. The summed E-state index contributed by atoms with van der Waals surface area (Å²) in [6.45, 7) is -1.56. The molecule has 2 aromatic carbocycles. The summed E-state index contributed by atoms with van der Waals surface area (Å²) in [5.74, 6) is -0.838. The second kappa shape index (κ2) is 7.62. The van der Waals surface area contributed by atoms with E-state index in [4.69, 9.17) is 0 Å². The number of amides is 3. The number of nitro benzene ring substituents is 1. The number of urea groups is 1. The van der Waals surface area contributed by atoms with Gasteiger partial charge in [-0.1, -0.05) is 24.3 Å². The molecule has 1 atom stereocenters. The van der Waals surface area contributed by atoms with Crippen LogP contribution in [-0.2, 0) is 10.3 Å². The number of nitro groups is 1. The number of carbonyl (C=O) groups excluding carboxylic acids is 2. The van der Waals surface area contributed by atoms with Crippen molar-refractivity contribution in [2.75, 3.05) is 0 Å². The summed E-state index contributed by atoms with van der Waals surface area (Å²) < 4.78 is 28.8. The number of benzene rings is 2. The van der Waals surface area contributed by atoms with Crippen LogP contribution < -0.4 is 10.1 Å². The number of nitrogens with one attached hydrogen (secondary N) is 1. The van der Waals surface area contributed by atoms with Crippen LogP contribution in [0.3, 0.4) is 0 Å². The number of hydrazone groups is 1. The minimum Gasteiger partial charge on any atom is -0.435 e. The molecule has 0 radical (unpaired) electrons. The quantitative estimate of drug-likeness (QED) is 0.344. The number of ether oxygens (including phenoxy) is 1. The van der Waals surface area contributed by atoms with Crippen LogP contribution in [-0.4, -0.2) is 34.7 Å². The minimum absolute atomic E-state index is 0.101. The van der Waals surface area contributed by atoms with E-state index in [2.05, 4.69) is 15.2 Å². The summed E-state index contributed by atoms with van der Waals surface area (Å²) in [5.41, 5.74) is -1.30. The molecule has 1 aliphatic heterocycles. The van der Waals surface area contributed by atoms with Crippen LogP contribution in [0.15, 0.2) is 53.6 Å². The Morgan fingerprint density at radius 1 is 1.21 bits per heavy atom. The zero-order valence-electron chi connectivity index (χ0n) is 14.9. The lowest BCUT2D eigenvalue weighted by Crippen LogP contribution is -2.40. The molecule has 1 N–H and O–H groups in total. The largest absolute Gasteiger partial charge is 0.435 e. The van der Waals surface area contributed by atoms with Crippen molar-refractivity contribution in [1.82, 2.24) is 10.3 Å². The van der Waals surface area contributed by atoms with E-state index in [0.717, 1.165) is 6.21 Å². The van der Waals surface area contributed by atoms with E-state index < -0.39 is 29.0 Å². The van der Waals surface area contributed by atoms with E-state index in [1.54, 1.807) is 6.07 Å². The van der Waals surface area contributed by atoms with Crippen LogP contribution in [0, 0.1) is 10.1 Å². The molecule has 2 aromatic rings. The topological polar surface area (TPSA) is 114 Å². The fourth-order valence-corrected chi connectivity index (χ4v) is 2.78. The number of hydrogen-bond acceptors (Lipinski definition) is 6. The molecular formula is C18H14F2N4O5. The Morgan fingerprint density at radius 2 is 1.86 bits per heavy atom. The molecule has 0 spiro atoms. The summed E-state index contributed by atoms with van der Waals surface area (Å²) in [4.78, 5) is 35.5. The first kappa shape index (κ1) is 19.9. The number of nitrogens with zero attached hydrogens (tertiary/aromatic N) is 3. The fourth-order valence-electron chi connectivity index (χ4n) is 2.78. The van der Waals surface area contributed by atoms with E-state index in [1.165, 1.54) is 49.4 Å². The average Bonchev–Trinajstić information content (AvgIpc) is 2.89. The first-order chi connectivity index (χ1) is 13.7. The number of imide groups is 1. The number of halogens is 2. The molecule has 0 unspecified atom stereocenters. The third-order valence-electron chi connectivity index (χ3n) is 4.27. The maximum Gasteiger partial charge on any atom is 0.387 e. The molecule has 1 saturated heterocycles. The Kier molecular flexibility index (Phi) is 5.22. The van der Waals surface area contributed by atoms with Gasteiger partial charge in [-0.2, -0.15) is 13.9 Å². The van der Waals surface area contributed by atoms with Crippen molar-refractivity contribution in [1.29, 1.82) is 0 Å². The lowest BCUT2D eigenvalue weighted by Gasteiger charge is -2.21. The van der Waals surface area contributed by atoms with Crippen LogP contribution in [0.25, 0.3) is 0 Å². The van der Waals surface area contributed by atoms with Gasteiger partial charge >= 0.3 is 12.6 Å². The van der Waals surface area contributed by atoms with E-state index >= 15 is 0 Å². The third kappa shape index (κ3) is 3.88. The molecule has 3 rings (SSSR count). The Bertz CT molecular complexity index is 996. The van der Waals surface area contributed by atoms with Gasteiger partial charge in [-0.15, -0.1) is 5.01 Å². The Balaban J connectivity index is 1.85. The molecule has 3 amide bonds. The monoisotopic (exact) mass is 404 g/mol. The smallest absolute Gasteiger partial charge is 0.387 e. The molecule has 1 fully saturated rings. The van der Waals surface area contributed by atoms with Gasteiger partial charge in [0, 0.05) is 6.07 Å². The number of para-hydroxylation sites is 1. The second-order valence-electron chi connectivity index (χ2n) is 6.14. The predicted molar refractivity (Wildman–Crippen MR) is 96.5 cm³/mol. The maximum atomic E-state index is 12.8. The van der Waals surface area contributed by atoms with Gasteiger partial charge in [0.05, 0.1) is 16.7 Å². The van der Waals surface area contributed by atoms with Crippen molar-refractivity contribution in [2.45, 2.75) is 19.1 Å². The first-order valence-corrected chi connectivity index (χ1v) is 8.22. The highest BCUT2D eigenvalue weighted by molar-refractivity contribution is 6.07. The van der Waals surface area contributed by atoms with Crippen molar-refractivity contribution >= 4 is 23.8 Å². The van der Waals surface area contributed by atoms with Crippen LogP contribution in [0.4, 0.5) is 19.3 Å². The van der Waals surface area contributed by atoms with Crippen LogP contribution in [0.5, 0.6) is 5.75 Å². The zero-order chi connectivity index (χ0) is 21.2. The highest BCUT2D eigenvalue weighted by atomic mass is 19.3. The zero-order valence-corrected chi connectivity index (χ0v) is 14.9. The second-order valence-corrected chi connectivity index (χ2v) is 6.14. The van der Waals surface area contributed by atoms with Gasteiger partial charge in [-0.25, -0.2) is 4.79 Å². The van der Waals surface area contributed by atoms with Gasteiger partial charge in [-0.05, 0) is 30.7 Å². The predicted octanol–water partition coefficient (Wildman–Crippen LogP) is 3.00. The molecule has 29 heavy (non-hydrogen) atoms. The lowest BCUT2D eigenvalue weighted by atomic mass is 9.92. The summed E-state index contributed by atoms with van der Waals surface area (Å²) in [6.07, 6.45) is 1.04. The van der Waals surface area contributed by atoms with Crippen molar-refractivity contribution in [3.63, 3.8) is 0 Å². The highest BCUT2D eigenvalue weighted by Gasteiger charge is 2.49. The molecule has 0 saturated carbocycles. The van der Waals surface area contributed by atoms with Gasteiger partial charge in [0.15, 0.2) is 0 Å². The standard InChI is InChI=1S/C18H14F2N4O5/c1-18(12-6-8-13(9-7-12)29-16(19)20)15(25)23(17(26)22-18)21-10-11-4-2-3-5-14(11)24(27)28/h2-10,16H,1H3,(H,22,26)/b21-10-/t18-/m0/s1. The number of alkyl halides is 2. The van der Waals surface area contributed by atoms with Crippen molar-refractivity contribution in [3.8, 4) is 5.75 Å². The van der Waals surface area contributed by atoms with E-state index in [9.17, 15) is 28.5 Å². The third-order valence-corrected chi connectivity index (χ3v) is 4.27.